The molecule has 1 aromatic rings. The summed E-state index contributed by atoms with van der Waals surface area (Å²) in [6.07, 6.45) is 0. The van der Waals surface area contributed by atoms with Gasteiger partial charge >= 0.3 is 6.01 Å². The number of hydrogen-bond donors (Lipinski definition) is 2. The Hall–Kier alpha value is -2.00. The van der Waals surface area contributed by atoms with Crippen molar-refractivity contribution in [2.24, 2.45) is 0 Å². The van der Waals surface area contributed by atoms with Gasteiger partial charge in [0, 0.05) is 13.7 Å². The van der Waals surface area contributed by atoms with Crippen molar-refractivity contribution < 1.29 is 18.7 Å². The highest BCUT2D eigenvalue weighted by Crippen LogP contribution is 2.12. The number of imide groups is 1. The number of anilines is 1. The van der Waals surface area contributed by atoms with Gasteiger partial charge in [-0.05, 0) is 0 Å². The second kappa shape index (κ2) is 6.25. The van der Waals surface area contributed by atoms with Crippen LogP contribution in [0.5, 0.6) is 0 Å². The maximum absolute atomic E-state index is 11.2. The third-order valence-corrected chi connectivity index (χ3v) is 2.43. The van der Waals surface area contributed by atoms with E-state index >= 15 is 0 Å². The number of rotatable bonds is 6. The molecular formula is C10H15N5O4. The molecule has 1 fully saturated rings. The lowest BCUT2D eigenvalue weighted by molar-refractivity contribution is -0.130. The zero-order valence-corrected chi connectivity index (χ0v) is 10.5. The van der Waals surface area contributed by atoms with Crippen LogP contribution >= 0.6 is 0 Å². The van der Waals surface area contributed by atoms with Crippen molar-refractivity contribution in [3.05, 3.63) is 5.89 Å². The Balaban J connectivity index is 1.89. The molecule has 1 aliphatic rings. The van der Waals surface area contributed by atoms with Gasteiger partial charge in [-0.1, -0.05) is 5.10 Å². The summed E-state index contributed by atoms with van der Waals surface area (Å²) in [5.74, 6) is -0.368. The van der Waals surface area contributed by atoms with Gasteiger partial charge in [0.25, 0.3) is 0 Å². The first-order valence-electron chi connectivity index (χ1n) is 5.78. The summed E-state index contributed by atoms with van der Waals surface area (Å²) < 4.78 is 10.3. The highest BCUT2D eigenvalue weighted by Gasteiger charge is 2.26. The van der Waals surface area contributed by atoms with Crippen molar-refractivity contribution in [2.75, 3.05) is 38.3 Å². The van der Waals surface area contributed by atoms with E-state index in [-0.39, 0.29) is 30.9 Å². The number of ether oxygens (including phenoxy) is 1. The molecule has 1 aliphatic heterocycles. The topological polar surface area (TPSA) is 110 Å². The quantitative estimate of drug-likeness (QED) is 0.463. The van der Waals surface area contributed by atoms with E-state index in [2.05, 4.69) is 20.8 Å². The van der Waals surface area contributed by atoms with Crippen molar-refractivity contribution in [3.63, 3.8) is 0 Å². The molecule has 0 unspecified atom stereocenters. The van der Waals surface area contributed by atoms with Crippen LogP contribution in [0.3, 0.4) is 0 Å². The van der Waals surface area contributed by atoms with Gasteiger partial charge in [-0.25, -0.2) is 0 Å². The first-order chi connectivity index (χ1) is 9.19. The van der Waals surface area contributed by atoms with Crippen molar-refractivity contribution in [3.8, 4) is 0 Å². The summed E-state index contributed by atoms with van der Waals surface area (Å²) in [5, 5.41) is 12.9. The fourth-order valence-electron chi connectivity index (χ4n) is 1.59. The molecule has 0 aliphatic carbocycles. The molecule has 19 heavy (non-hydrogen) atoms. The van der Waals surface area contributed by atoms with Gasteiger partial charge in [-0.2, -0.15) is 0 Å². The van der Waals surface area contributed by atoms with Crippen molar-refractivity contribution >= 4 is 17.8 Å². The number of carbonyl (C=O) groups excluding carboxylic acids is 2. The van der Waals surface area contributed by atoms with E-state index in [0.29, 0.717) is 25.6 Å². The summed E-state index contributed by atoms with van der Waals surface area (Å²) >= 11 is 0. The van der Waals surface area contributed by atoms with Crippen LogP contribution in [0.25, 0.3) is 0 Å². The number of aromatic nitrogens is 2. The summed E-state index contributed by atoms with van der Waals surface area (Å²) in [6.45, 7) is 1.72. The molecule has 1 aromatic heterocycles. The lowest BCUT2D eigenvalue weighted by Crippen LogP contribution is -2.51. The van der Waals surface area contributed by atoms with Gasteiger partial charge in [-0.15, -0.1) is 5.10 Å². The number of carbonyl (C=O) groups is 2. The molecule has 2 heterocycles. The van der Waals surface area contributed by atoms with Crippen molar-refractivity contribution in [1.29, 1.82) is 0 Å². The number of nitrogens with one attached hydrogen (secondary N) is 2. The number of nitrogens with zero attached hydrogens (tertiary/aromatic N) is 3. The lowest BCUT2D eigenvalue weighted by atomic mass is 10.4. The van der Waals surface area contributed by atoms with Gasteiger partial charge in [0.2, 0.25) is 17.7 Å². The first kappa shape index (κ1) is 13.4. The highest BCUT2D eigenvalue weighted by atomic mass is 16.5. The second-order valence-electron chi connectivity index (χ2n) is 3.98. The largest absolute Gasteiger partial charge is 0.407 e. The highest BCUT2D eigenvalue weighted by molar-refractivity contribution is 6.02. The fraction of sp³-hybridized carbons (Fsp3) is 0.600. The molecule has 0 saturated carbocycles. The molecular weight excluding hydrogens is 254 g/mol. The first-order valence-corrected chi connectivity index (χ1v) is 5.78. The summed E-state index contributed by atoms with van der Waals surface area (Å²) in [5.41, 5.74) is 0. The van der Waals surface area contributed by atoms with Gasteiger partial charge < -0.3 is 19.4 Å². The minimum atomic E-state index is -0.380. The zero-order valence-electron chi connectivity index (χ0n) is 10.5. The van der Waals surface area contributed by atoms with E-state index in [1.165, 1.54) is 4.90 Å². The lowest BCUT2D eigenvalue weighted by Gasteiger charge is -2.22. The zero-order chi connectivity index (χ0) is 13.7. The maximum Gasteiger partial charge on any atom is 0.319 e. The number of amides is 2. The van der Waals surface area contributed by atoms with Crippen LogP contribution in [0.15, 0.2) is 4.42 Å². The molecule has 0 spiro atoms. The minimum absolute atomic E-state index is 0.0322. The number of hydrogen-bond acceptors (Lipinski definition) is 8. The molecule has 2 N–H and O–H groups in total. The van der Waals surface area contributed by atoms with E-state index in [1.807, 2.05) is 0 Å². The Labute approximate surface area is 109 Å². The Morgan fingerprint density at radius 1 is 1.37 bits per heavy atom. The molecule has 2 rings (SSSR count). The standard InChI is InChI=1S/C10H15N5O4/c1-18-3-2-11-4-9-13-14-10(19-9)15-5-7(16)12-8(17)6-15/h11H,2-6H2,1H3,(H,12,16,17). The van der Waals surface area contributed by atoms with Crippen LogP contribution in [-0.4, -0.2) is 55.4 Å². The molecule has 0 atom stereocenters. The molecule has 9 heteroatoms. The number of piperazine rings is 1. The van der Waals surface area contributed by atoms with Crippen LogP contribution in [0.2, 0.25) is 0 Å². The Bertz CT molecular complexity index is 445. The molecule has 0 aromatic carbocycles. The Morgan fingerprint density at radius 3 is 2.79 bits per heavy atom. The normalized spacial score (nSPS) is 15.7. The van der Waals surface area contributed by atoms with Crippen LogP contribution < -0.4 is 15.5 Å². The van der Waals surface area contributed by atoms with Crippen LogP contribution in [-0.2, 0) is 20.9 Å². The average Bonchev–Trinajstić information content (AvgIpc) is 2.82. The van der Waals surface area contributed by atoms with Gasteiger partial charge in [0.05, 0.1) is 13.2 Å². The third kappa shape index (κ3) is 3.73. The van der Waals surface area contributed by atoms with E-state index in [9.17, 15) is 9.59 Å². The van der Waals surface area contributed by atoms with Gasteiger partial charge in [0.15, 0.2) is 0 Å². The van der Waals surface area contributed by atoms with Crippen LogP contribution in [0.4, 0.5) is 6.01 Å². The monoisotopic (exact) mass is 269 g/mol. The third-order valence-electron chi connectivity index (χ3n) is 2.43. The van der Waals surface area contributed by atoms with E-state index < -0.39 is 0 Å². The van der Waals surface area contributed by atoms with Crippen LogP contribution in [0.1, 0.15) is 5.89 Å². The summed E-state index contributed by atoms with van der Waals surface area (Å²) in [4.78, 5) is 23.9. The SMILES string of the molecule is COCCNCc1nnc(N2CC(=O)NC(=O)C2)o1. The van der Waals surface area contributed by atoms with E-state index in [4.69, 9.17) is 9.15 Å². The minimum Gasteiger partial charge on any atom is -0.407 e. The van der Waals surface area contributed by atoms with E-state index in [0.717, 1.165) is 0 Å². The van der Waals surface area contributed by atoms with Crippen molar-refractivity contribution in [1.82, 2.24) is 20.8 Å². The molecule has 0 bridgehead atoms. The fourth-order valence-corrected chi connectivity index (χ4v) is 1.59. The second-order valence-corrected chi connectivity index (χ2v) is 3.98. The molecule has 104 valence electrons. The van der Waals surface area contributed by atoms with Crippen molar-refractivity contribution in [2.45, 2.75) is 6.54 Å². The van der Waals surface area contributed by atoms with Gasteiger partial charge in [0.1, 0.15) is 13.1 Å². The Kier molecular flexibility index (Phi) is 4.42. The number of methoxy groups -OCH3 is 1. The maximum atomic E-state index is 11.2. The predicted molar refractivity (Wildman–Crippen MR) is 63.2 cm³/mol. The predicted octanol–water partition coefficient (Wildman–Crippen LogP) is -1.73. The summed E-state index contributed by atoms with van der Waals surface area (Å²) in [6, 6.07) is 0.173. The molecule has 1 saturated heterocycles. The molecule has 9 nitrogen and oxygen atoms in total. The van der Waals surface area contributed by atoms with Gasteiger partial charge in [-0.3, -0.25) is 14.9 Å². The van der Waals surface area contributed by atoms with E-state index in [1.54, 1.807) is 7.11 Å². The molecule has 0 radical (unpaired) electrons. The smallest absolute Gasteiger partial charge is 0.319 e. The van der Waals surface area contributed by atoms with Crippen LogP contribution in [0, 0.1) is 0 Å². The average molecular weight is 269 g/mol. The Morgan fingerprint density at radius 2 is 2.11 bits per heavy atom. The summed E-state index contributed by atoms with van der Waals surface area (Å²) in [7, 11) is 1.62. The molecule has 2 amide bonds.